The van der Waals surface area contributed by atoms with Crippen molar-refractivity contribution in [3.8, 4) is 0 Å². The molecule has 1 aromatic carbocycles. The van der Waals surface area contributed by atoms with E-state index in [2.05, 4.69) is 10.6 Å². The summed E-state index contributed by atoms with van der Waals surface area (Å²) in [6.07, 6.45) is 0.529. The number of halogens is 1. The van der Waals surface area contributed by atoms with Gasteiger partial charge in [-0.15, -0.1) is 0 Å². The molecule has 5 nitrogen and oxygen atoms in total. The van der Waals surface area contributed by atoms with Crippen molar-refractivity contribution < 1.29 is 14.6 Å². The molecule has 1 fully saturated rings. The summed E-state index contributed by atoms with van der Waals surface area (Å²) in [6.45, 7) is 7.26. The molecule has 2 rings (SSSR count). The number of amides is 1. The number of aliphatic hydroxyl groups excluding tert-OH is 1. The van der Waals surface area contributed by atoms with Gasteiger partial charge in [-0.3, -0.25) is 5.32 Å². The standard InChI is InChI=1S/C17H25ClN2O3/c1-10-6-5-7-12(13(10)18)14(15(21)19-11-8-9-11)20-16(22)23-17(2,3)4/h5-7,11,14-15,19,21H,8-9H2,1-4H3,(H,20,22). The Hall–Kier alpha value is -1.30. The second kappa shape index (κ2) is 7.07. The summed E-state index contributed by atoms with van der Waals surface area (Å²) in [4.78, 5) is 12.1. The molecule has 0 aliphatic heterocycles. The van der Waals surface area contributed by atoms with Crippen LogP contribution in [0.15, 0.2) is 18.2 Å². The molecule has 1 aromatic rings. The number of nitrogens with one attached hydrogen (secondary N) is 2. The number of ether oxygens (including phenoxy) is 1. The lowest BCUT2D eigenvalue weighted by Gasteiger charge is -2.28. The lowest BCUT2D eigenvalue weighted by molar-refractivity contribution is 0.0371. The van der Waals surface area contributed by atoms with E-state index in [1.807, 2.05) is 19.1 Å². The van der Waals surface area contributed by atoms with Gasteiger partial charge in [0.05, 0.1) is 6.04 Å². The van der Waals surface area contributed by atoms with Crippen molar-refractivity contribution in [2.45, 2.75) is 64.4 Å². The topological polar surface area (TPSA) is 70.6 Å². The van der Waals surface area contributed by atoms with E-state index in [4.69, 9.17) is 16.3 Å². The van der Waals surface area contributed by atoms with Crippen molar-refractivity contribution >= 4 is 17.7 Å². The van der Waals surface area contributed by atoms with Crippen molar-refractivity contribution in [2.75, 3.05) is 0 Å². The third-order valence-corrected chi connectivity index (χ3v) is 4.04. The van der Waals surface area contributed by atoms with Crippen molar-refractivity contribution in [1.82, 2.24) is 10.6 Å². The normalized spacial score (nSPS) is 17.5. The molecule has 0 bridgehead atoms. The summed E-state index contributed by atoms with van der Waals surface area (Å²) in [6, 6.07) is 5.14. The van der Waals surface area contributed by atoms with Crippen molar-refractivity contribution in [3.05, 3.63) is 34.3 Å². The van der Waals surface area contributed by atoms with Crippen LogP contribution in [0.3, 0.4) is 0 Å². The van der Waals surface area contributed by atoms with E-state index >= 15 is 0 Å². The van der Waals surface area contributed by atoms with Gasteiger partial charge >= 0.3 is 6.09 Å². The Kier molecular flexibility index (Phi) is 5.55. The molecule has 3 N–H and O–H groups in total. The molecule has 1 aliphatic carbocycles. The molecule has 1 saturated carbocycles. The first-order chi connectivity index (χ1) is 10.7. The van der Waals surface area contributed by atoms with Crippen molar-refractivity contribution in [1.29, 1.82) is 0 Å². The van der Waals surface area contributed by atoms with Gasteiger partial charge in [0.2, 0.25) is 0 Å². The first-order valence-corrected chi connectivity index (χ1v) is 8.24. The van der Waals surface area contributed by atoms with E-state index in [1.54, 1.807) is 26.8 Å². The van der Waals surface area contributed by atoms with Crippen molar-refractivity contribution in [3.63, 3.8) is 0 Å². The highest BCUT2D eigenvalue weighted by Gasteiger charge is 2.32. The molecule has 23 heavy (non-hydrogen) atoms. The number of rotatable bonds is 5. The van der Waals surface area contributed by atoms with Crippen LogP contribution in [0.25, 0.3) is 0 Å². The van der Waals surface area contributed by atoms with E-state index in [0.717, 1.165) is 18.4 Å². The van der Waals surface area contributed by atoms with Crippen molar-refractivity contribution in [2.24, 2.45) is 0 Å². The zero-order valence-electron chi connectivity index (χ0n) is 14.0. The minimum absolute atomic E-state index is 0.288. The maximum atomic E-state index is 12.1. The smallest absolute Gasteiger partial charge is 0.408 e. The lowest BCUT2D eigenvalue weighted by Crippen LogP contribution is -2.46. The Balaban J connectivity index is 2.20. The van der Waals surface area contributed by atoms with Crippen LogP contribution >= 0.6 is 11.6 Å². The Morgan fingerprint density at radius 1 is 1.39 bits per heavy atom. The first-order valence-electron chi connectivity index (χ1n) is 7.86. The number of aryl methyl sites for hydroxylation is 1. The van der Waals surface area contributed by atoms with E-state index < -0.39 is 24.0 Å². The SMILES string of the molecule is Cc1cccc(C(NC(=O)OC(C)(C)C)C(O)NC2CC2)c1Cl. The number of alkyl carbamates (subject to hydrolysis) is 1. The highest BCUT2D eigenvalue weighted by atomic mass is 35.5. The molecule has 0 heterocycles. The molecule has 0 spiro atoms. The van der Waals surface area contributed by atoms with Crippen LogP contribution in [0.4, 0.5) is 4.79 Å². The van der Waals surface area contributed by atoms with Gasteiger partial charge in [0.25, 0.3) is 0 Å². The number of benzene rings is 1. The van der Waals surface area contributed by atoms with Crippen LogP contribution < -0.4 is 10.6 Å². The predicted molar refractivity (Wildman–Crippen MR) is 90.5 cm³/mol. The summed E-state index contributed by atoms with van der Waals surface area (Å²) in [5, 5.41) is 16.9. The predicted octanol–water partition coefficient (Wildman–Crippen LogP) is 3.28. The van der Waals surface area contributed by atoms with Crippen LogP contribution in [0, 0.1) is 6.92 Å². The van der Waals surface area contributed by atoms with E-state index in [-0.39, 0.29) is 6.04 Å². The van der Waals surface area contributed by atoms with Crippen LogP contribution in [-0.4, -0.2) is 29.1 Å². The monoisotopic (exact) mass is 340 g/mol. The minimum Gasteiger partial charge on any atom is -0.444 e. The van der Waals surface area contributed by atoms with Gasteiger partial charge in [0.15, 0.2) is 0 Å². The van der Waals surface area contributed by atoms with Crippen LogP contribution in [-0.2, 0) is 4.74 Å². The number of carbonyl (C=O) groups excluding carboxylic acids is 1. The van der Waals surface area contributed by atoms with Gasteiger partial charge < -0.3 is 15.2 Å². The summed E-state index contributed by atoms with van der Waals surface area (Å²) >= 11 is 6.37. The molecule has 6 heteroatoms. The average Bonchev–Trinajstić information content (AvgIpc) is 3.21. The maximum absolute atomic E-state index is 12.1. The molecule has 1 aliphatic rings. The number of carbonyl (C=O) groups is 1. The van der Waals surface area contributed by atoms with E-state index in [9.17, 15) is 9.90 Å². The van der Waals surface area contributed by atoms with E-state index in [0.29, 0.717) is 10.6 Å². The minimum atomic E-state index is -0.936. The third kappa shape index (κ3) is 5.37. The van der Waals surface area contributed by atoms with Crippen LogP contribution in [0.2, 0.25) is 5.02 Å². The molecule has 0 aromatic heterocycles. The second-order valence-electron chi connectivity index (χ2n) is 6.99. The average molecular weight is 341 g/mol. The molecule has 1 amide bonds. The molecular weight excluding hydrogens is 316 g/mol. The van der Waals surface area contributed by atoms with Gasteiger partial charge in [0.1, 0.15) is 11.8 Å². The molecule has 0 saturated heterocycles. The van der Waals surface area contributed by atoms with Gasteiger partial charge in [0, 0.05) is 11.1 Å². The van der Waals surface area contributed by atoms with Gasteiger partial charge in [-0.1, -0.05) is 29.8 Å². The fourth-order valence-electron chi connectivity index (χ4n) is 2.26. The van der Waals surface area contributed by atoms with Gasteiger partial charge in [-0.25, -0.2) is 4.79 Å². The summed E-state index contributed by atoms with van der Waals surface area (Å²) in [7, 11) is 0. The lowest BCUT2D eigenvalue weighted by atomic mass is 10.0. The van der Waals surface area contributed by atoms with Crippen LogP contribution in [0.1, 0.15) is 50.8 Å². The molecule has 2 unspecified atom stereocenters. The quantitative estimate of drug-likeness (QED) is 0.719. The van der Waals surface area contributed by atoms with Gasteiger partial charge in [-0.2, -0.15) is 0 Å². The van der Waals surface area contributed by atoms with Gasteiger partial charge in [-0.05, 0) is 51.7 Å². The number of aliphatic hydroxyl groups is 1. The second-order valence-corrected chi connectivity index (χ2v) is 7.37. The summed E-state index contributed by atoms with van der Waals surface area (Å²) < 4.78 is 5.30. The Morgan fingerprint density at radius 2 is 2.04 bits per heavy atom. The Morgan fingerprint density at radius 3 is 2.61 bits per heavy atom. The fraction of sp³-hybridized carbons (Fsp3) is 0.588. The first kappa shape index (κ1) is 18.0. The zero-order valence-corrected chi connectivity index (χ0v) is 14.8. The Labute approximate surface area is 142 Å². The van der Waals surface area contributed by atoms with Crippen LogP contribution in [0.5, 0.6) is 0 Å². The Bertz CT molecular complexity index is 567. The maximum Gasteiger partial charge on any atom is 0.408 e. The molecule has 0 radical (unpaired) electrons. The number of hydrogen-bond acceptors (Lipinski definition) is 4. The largest absolute Gasteiger partial charge is 0.444 e. The highest BCUT2D eigenvalue weighted by molar-refractivity contribution is 6.32. The molecule has 2 atom stereocenters. The number of hydrogen-bond donors (Lipinski definition) is 3. The summed E-state index contributed by atoms with van der Waals surface area (Å²) in [5.41, 5.74) is 0.942. The molecule has 128 valence electrons. The zero-order chi connectivity index (χ0) is 17.2. The summed E-state index contributed by atoms with van der Waals surface area (Å²) in [5.74, 6) is 0. The highest BCUT2D eigenvalue weighted by Crippen LogP contribution is 2.29. The fourth-order valence-corrected chi connectivity index (χ4v) is 2.50. The third-order valence-electron chi connectivity index (χ3n) is 3.53. The van der Waals surface area contributed by atoms with E-state index in [1.165, 1.54) is 0 Å². The molecular formula is C17H25ClN2O3.